The van der Waals surface area contributed by atoms with E-state index >= 15 is 0 Å². The number of likely N-dealkylation sites (N-methyl/N-ethyl adjacent to an activating group) is 1. The number of amides is 2. The van der Waals surface area contributed by atoms with Crippen LogP contribution in [0.15, 0.2) is 12.1 Å². The molecule has 0 aliphatic carbocycles. The molecule has 0 heterocycles. The Morgan fingerprint density at radius 3 is 2.45 bits per heavy atom. The average molecular weight is 287 g/mol. The largest absolute Gasteiger partial charge is 0.355 e. The number of carbonyl (C=O) groups is 2. The van der Waals surface area contributed by atoms with Gasteiger partial charge in [0.1, 0.15) is 5.82 Å². The van der Waals surface area contributed by atoms with Crippen LogP contribution in [0.3, 0.4) is 0 Å². The molecule has 0 atom stereocenters. The second-order valence-corrected chi connectivity index (χ2v) is 3.68. The number of nitro groups is 1. The Morgan fingerprint density at radius 1 is 1.25 bits per heavy atom. The lowest BCUT2D eigenvalue weighted by molar-refractivity contribution is -0.387. The molecule has 0 radical (unpaired) electrons. The number of rotatable bonds is 5. The van der Waals surface area contributed by atoms with Crippen molar-refractivity contribution in [1.82, 2.24) is 10.6 Å². The van der Waals surface area contributed by atoms with Crippen LogP contribution in [-0.2, 0) is 4.79 Å². The molecule has 0 unspecified atom stereocenters. The van der Waals surface area contributed by atoms with Crippen LogP contribution in [0.1, 0.15) is 17.3 Å². The molecule has 1 aromatic carbocycles. The SMILES string of the molecule is CCNC(=O)CNC(=O)c1cc(F)c([N+](=O)[O-])cc1F. The van der Waals surface area contributed by atoms with E-state index in [-0.39, 0.29) is 0 Å². The highest BCUT2D eigenvalue weighted by molar-refractivity contribution is 5.96. The molecule has 1 rings (SSSR count). The summed E-state index contributed by atoms with van der Waals surface area (Å²) in [6.07, 6.45) is 0. The lowest BCUT2D eigenvalue weighted by Crippen LogP contribution is -2.37. The number of halogens is 2. The minimum absolute atomic E-state index is 0.316. The van der Waals surface area contributed by atoms with E-state index in [4.69, 9.17) is 0 Å². The summed E-state index contributed by atoms with van der Waals surface area (Å²) in [5.74, 6) is -4.11. The Kier molecular flexibility index (Phi) is 5.07. The third-order valence-electron chi connectivity index (χ3n) is 2.26. The van der Waals surface area contributed by atoms with Crippen molar-refractivity contribution in [2.24, 2.45) is 0 Å². The summed E-state index contributed by atoms with van der Waals surface area (Å²) in [6, 6.07) is 0.733. The van der Waals surface area contributed by atoms with Gasteiger partial charge in [0, 0.05) is 6.54 Å². The van der Waals surface area contributed by atoms with Gasteiger partial charge in [-0.2, -0.15) is 4.39 Å². The summed E-state index contributed by atoms with van der Waals surface area (Å²) in [5, 5.41) is 14.9. The summed E-state index contributed by atoms with van der Waals surface area (Å²) in [7, 11) is 0. The molecule has 108 valence electrons. The molecule has 1 aromatic rings. The van der Waals surface area contributed by atoms with E-state index in [1.54, 1.807) is 6.92 Å². The number of hydrogen-bond acceptors (Lipinski definition) is 4. The van der Waals surface area contributed by atoms with Gasteiger partial charge in [-0.15, -0.1) is 0 Å². The second kappa shape index (κ2) is 6.55. The normalized spacial score (nSPS) is 9.95. The molecule has 0 saturated heterocycles. The number of nitro benzene ring substituents is 1. The van der Waals surface area contributed by atoms with Crippen molar-refractivity contribution in [1.29, 1.82) is 0 Å². The van der Waals surface area contributed by atoms with E-state index in [1.807, 2.05) is 0 Å². The molecular formula is C11H11F2N3O4. The predicted molar refractivity (Wildman–Crippen MR) is 64.0 cm³/mol. The van der Waals surface area contributed by atoms with Crippen LogP contribution < -0.4 is 10.6 Å². The van der Waals surface area contributed by atoms with Gasteiger partial charge in [-0.05, 0) is 13.0 Å². The van der Waals surface area contributed by atoms with Gasteiger partial charge in [0.05, 0.1) is 23.1 Å². The van der Waals surface area contributed by atoms with Crippen LogP contribution in [-0.4, -0.2) is 29.8 Å². The van der Waals surface area contributed by atoms with Crippen molar-refractivity contribution in [2.45, 2.75) is 6.92 Å². The molecule has 9 heteroatoms. The third-order valence-corrected chi connectivity index (χ3v) is 2.26. The van der Waals surface area contributed by atoms with Crippen LogP contribution in [0.25, 0.3) is 0 Å². The van der Waals surface area contributed by atoms with Crippen LogP contribution in [0.5, 0.6) is 0 Å². The van der Waals surface area contributed by atoms with E-state index in [0.29, 0.717) is 18.7 Å². The molecule has 0 spiro atoms. The van der Waals surface area contributed by atoms with Crippen molar-refractivity contribution >= 4 is 17.5 Å². The Morgan fingerprint density at radius 2 is 1.90 bits per heavy atom. The number of carbonyl (C=O) groups excluding carboxylic acids is 2. The van der Waals surface area contributed by atoms with Crippen molar-refractivity contribution in [3.63, 3.8) is 0 Å². The standard InChI is InChI=1S/C11H11F2N3O4/c1-2-14-10(17)5-15-11(18)6-3-8(13)9(16(19)20)4-7(6)12/h3-4H,2,5H2,1H3,(H,14,17)(H,15,18). The zero-order valence-electron chi connectivity index (χ0n) is 10.4. The van der Waals surface area contributed by atoms with Gasteiger partial charge in [-0.25, -0.2) is 4.39 Å². The molecule has 0 aliphatic rings. The highest BCUT2D eigenvalue weighted by Crippen LogP contribution is 2.21. The van der Waals surface area contributed by atoms with Crippen molar-refractivity contribution in [3.8, 4) is 0 Å². The van der Waals surface area contributed by atoms with Crippen LogP contribution in [0.4, 0.5) is 14.5 Å². The van der Waals surface area contributed by atoms with Crippen LogP contribution in [0.2, 0.25) is 0 Å². The van der Waals surface area contributed by atoms with E-state index in [1.165, 1.54) is 0 Å². The maximum absolute atomic E-state index is 13.5. The van der Waals surface area contributed by atoms with Gasteiger partial charge < -0.3 is 10.6 Å². The molecule has 0 bridgehead atoms. The minimum Gasteiger partial charge on any atom is -0.355 e. The lowest BCUT2D eigenvalue weighted by atomic mass is 10.1. The van der Waals surface area contributed by atoms with Gasteiger partial charge in [-0.1, -0.05) is 0 Å². The van der Waals surface area contributed by atoms with E-state index in [2.05, 4.69) is 10.6 Å². The minimum atomic E-state index is -1.33. The number of hydrogen-bond donors (Lipinski definition) is 2. The first-order chi connectivity index (χ1) is 9.36. The fourth-order valence-corrected chi connectivity index (χ4v) is 1.37. The Balaban J connectivity index is 2.86. The maximum atomic E-state index is 13.5. The van der Waals surface area contributed by atoms with Crippen molar-refractivity contribution in [3.05, 3.63) is 39.4 Å². The number of benzene rings is 1. The summed E-state index contributed by atoms with van der Waals surface area (Å²) >= 11 is 0. The molecular weight excluding hydrogens is 276 g/mol. The van der Waals surface area contributed by atoms with Gasteiger partial charge >= 0.3 is 5.69 Å². The Bertz CT molecular complexity index is 563. The zero-order chi connectivity index (χ0) is 15.3. The van der Waals surface area contributed by atoms with E-state index < -0.39 is 46.2 Å². The summed E-state index contributed by atoms with van der Waals surface area (Å²) in [5.41, 5.74) is -1.78. The second-order valence-electron chi connectivity index (χ2n) is 3.68. The summed E-state index contributed by atoms with van der Waals surface area (Å²) in [6.45, 7) is 1.62. The fourth-order valence-electron chi connectivity index (χ4n) is 1.37. The van der Waals surface area contributed by atoms with Gasteiger partial charge in [0.25, 0.3) is 5.91 Å². The molecule has 0 fully saturated rings. The summed E-state index contributed by atoms with van der Waals surface area (Å²) < 4.78 is 26.8. The molecule has 0 saturated carbocycles. The van der Waals surface area contributed by atoms with Crippen molar-refractivity contribution < 1.29 is 23.3 Å². The first-order valence-electron chi connectivity index (χ1n) is 5.55. The van der Waals surface area contributed by atoms with E-state index in [0.717, 1.165) is 0 Å². The van der Waals surface area contributed by atoms with Crippen LogP contribution >= 0.6 is 0 Å². The monoisotopic (exact) mass is 287 g/mol. The first-order valence-corrected chi connectivity index (χ1v) is 5.55. The van der Waals surface area contributed by atoms with E-state index in [9.17, 15) is 28.5 Å². The van der Waals surface area contributed by atoms with Crippen molar-refractivity contribution in [2.75, 3.05) is 13.1 Å². The van der Waals surface area contributed by atoms with Crippen LogP contribution in [0, 0.1) is 21.7 Å². The highest BCUT2D eigenvalue weighted by atomic mass is 19.1. The quantitative estimate of drug-likeness (QED) is 0.616. The number of nitrogens with zero attached hydrogens (tertiary/aromatic N) is 1. The predicted octanol–water partition coefficient (Wildman–Crippen LogP) is 0.739. The zero-order valence-corrected chi connectivity index (χ0v) is 10.4. The summed E-state index contributed by atoms with van der Waals surface area (Å²) in [4.78, 5) is 31.9. The maximum Gasteiger partial charge on any atom is 0.307 e. The Labute approximate surface area is 112 Å². The molecule has 20 heavy (non-hydrogen) atoms. The Hall–Kier alpha value is -2.58. The molecule has 0 aromatic heterocycles. The lowest BCUT2D eigenvalue weighted by Gasteiger charge is -2.06. The van der Waals surface area contributed by atoms with Gasteiger partial charge in [0.2, 0.25) is 11.7 Å². The smallest absolute Gasteiger partial charge is 0.307 e. The van der Waals surface area contributed by atoms with Gasteiger partial charge in [-0.3, -0.25) is 19.7 Å². The third kappa shape index (κ3) is 3.70. The molecule has 0 aliphatic heterocycles. The topological polar surface area (TPSA) is 101 Å². The average Bonchev–Trinajstić information content (AvgIpc) is 2.38. The first kappa shape index (κ1) is 15.5. The highest BCUT2D eigenvalue weighted by Gasteiger charge is 2.22. The molecule has 2 N–H and O–H groups in total. The van der Waals surface area contributed by atoms with Gasteiger partial charge in [0.15, 0.2) is 0 Å². The molecule has 7 nitrogen and oxygen atoms in total. The number of nitrogens with one attached hydrogen (secondary N) is 2. The fraction of sp³-hybridized carbons (Fsp3) is 0.273. The molecule has 2 amide bonds.